The van der Waals surface area contributed by atoms with Crippen LogP contribution in [-0.2, 0) is 14.3 Å². The van der Waals surface area contributed by atoms with Crippen LogP contribution in [0.1, 0.15) is 30.4 Å². The van der Waals surface area contributed by atoms with Crippen molar-refractivity contribution in [1.29, 1.82) is 0 Å². The summed E-state index contributed by atoms with van der Waals surface area (Å²) in [6, 6.07) is 3.72. The Hall–Kier alpha value is -2.27. The first-order valence-corrected chi connectivity index (χ1v) is 11.8. The number of hydrogen-bond donors (Lipinski definition) is 1. The van der Waals surface area contributed by atoms with Gasteiger partial charge in [-0.3, -0.25) is 18.9 Å². The highest BCUT2D eigenvalue weighted by Gasteiger charge is 2.32. The molecule has 0 radical (unpaired) electrons. The van der Waals surface area contributed by atoms with Gasteiger partial charge in [0.15, 0.2) is 0 Å². The summed E-state index contributed by atoms with van der Waals surface area (Å²) in [5.74, 6) is 0.249. The number of ether oxygens (including phenoxy) is 2. The van der Waals surface area contributed by atoms with E-state index in [0.29, 0.717) is 52.4 Å². The number of aromatic nitrogens is 2. The monoisotopic (exact) mass is 474 g/mol. The van der Waals surface area contributed by atoms with E-state index >= 15 is 0 Å². The van der Waals surface area contributed by atoms with Gasteiger partial charge in [0.05, 0.1) is 16.6 Å². The predicted molar refractivity (Wildman–Crippen MR) is 130 cm³/mol. The molecular formula is C22H26N4O4S2. The SMILES string of the molecule is COCCCN1C(=O)/C(=C/c2c(NC[C@H]3CCCO3)nc3c(C)cccn3c2=O)SC1=S. The summed E-state index contributed by atoms with van der Waals surface area (Å²) >= 11 is 6.60. The van der Waals surface area contributed by atoms with Gasteiger partial charge in [-0.2, -0.15) is 0 Å². The first kappa shape index (κ1) is 22.9. The van der Waals surface area contributed by atoms with E-state index in [0.717, 1.165) is 25.0 Å². The molecular weight excluding hydrogens is 448 g/mol. The molecule has 2 saturated heterocycles. The summed E-state index contributed by atoms with van der Waals surface area (Å²) in [5, 5.41) is 3.29. The average Bonchev–Trinajstić information content (AvgIpc) is 3.39. The molecule has 4 rings (SSSR count). The number of fused-ring (bicyclic) bond motifs is 1. The Labute approximate surface area is 196 Å². The molecule has 0 aromatic carbocycles. The zero-order valence-electron chi connectivity index (χ0n) is 18.1. The van der Waals surface area contributed by atoms with Crippen molar-refractivity contribution in [3.8, 4) is 0 Å². The molecule has 1 atom stereocenters. The smallest absolute Gasteiger partial charge is 0.267 e. The van der Waals surface area contributed by atoms with E-state index in [2.05, 4.69) is 5.32 Å². The minimum atomic E-state index is -0.238. The Bertz CT molecular complexity index is 1120. The second-order valence-corrected chi connectivity index (χ2v) is 9.44. The Morgan fingerprint density at radius 2 is 2.28 bits per heavy atom. The number of nitrogens with zero attached hydrogens (tertiary/aromatic N) is 3. The summed E-state index contributed by atoms with van der Waals surface area (Å²) in [6.07, 6.45) is 6.06. The predicted octanol–water partition coefficient (Wildman–Crippen LogP) is 2.83. The largest absolute Gasteiger partial charge is 0.385 e. The second kappa shape index (κ2) is 10.1. The zero-order chi connectivity index (χ0) is 22.7. The van der Waals surface area contributed by atoms with Crippen molar-refractivity contribution in [3.05, 3.63) is 44.7 Å². The first-order chi connectivity index (χ1) is 15.5. The van der Waals surface area contributed by atoms with E-state index in [1.807, 2.05) is 19.1 Å². The summed E-state index contributed by atoms with van der Waals surface area (Å²) in [5.41, 5.74) is 1.57. The fraction of sp³-hybridized carbons (Fsp3) is 0.455. The van der Waals surface area contributed by atoms with Gasteiger partial charge in [0.2, 0.25) is 0 Å². The van der Waals surface area contributed by atoms with Crippen LogP contribution in [0.4, 0.5) is 5.82 Å². The summed E-state index contributed by atoms with van der Waals surface area (Å²) in [6.45, 7) is 4.23. The van der Waals surface area contributed by atoms with Crippen molar-refractivity contribution >= 4 is 51.7 Å². The topological polar surface area (TPSA) is 85.2 Å². The number of methoxy groups -OCH3 is 1. The number of thioether (sulfide) groups is 1. The van der Waals surface area contributed by atoms with Gasteiger partial charge in [-0.15, -0.1) is 0 Å². The van der Waals surface area contributed by atoms with E-state index in [4.69, 9.17) is 26.7 Å². The zero-order valence-corrected chi connectivity index (χ0v) is 19.8. The first-order valence-electron chi connectivity index (χ1n) is 10.6. The Morgan fingerprint density at radius 3 is 3.03 bits per heavy atom. The van der Waals surface area contributed by atoms with Crippen LogP contribution in [0.15, 0.2) is 28.0 Å². The number of hydrogen-bond acceptors (Lipinski definition) is 8. The van der Waals surface area contributed by atoms with Crippen LogP contribution in [0, 0.1) is 6.92 Å². The molecule has 2 fully saturated rings. The summed E-state index contributed by atoms with van der Waals surface area (Å²) < 4.78 is 12.8. The summed E-state index contributed by atoms with van der Waals surface area (Å²) in [7, 11) is 1.62. The minimum absolute atomic E-state index is 0.0824. The number of rotatable bonds is 8. The van der Waals surface area contributed by atoms with Crippen molar-refractivity contribution < 1.29 is 14.3 Å². The third-order valence-corrected chi connectivity index (χ3v) is 6.86. The molecule has 2 aromatic rings. The molecule has 32 heavy (non-hydrogen) atoms. The highest BCUT2D eigenvalue weighted by Crippen LogP contribution is 2.33. The summed E-state index contributed by atoms with van der Waals surface area (Å²) in [4.78, 5) is 33.1. The lowest BCUT2D eigenvalue weighted by atomic mass is 10.2. The lowest BCUT2D eigenvalue weighted by molar-refractivity contribution is -0.122. The van der Waals surface area contributed by atoms with Crippen LogP contribution in [0.2, 0.25) is 0 Å². The third kappa shape index (κ3) is 4.73. The standard InChI is InChI=1S/C22H26N4O4S2/c1-14-6-3-8-25-19(14)24-18(23-13-15-7-4-11-30-15)16(20(25)27)12-17-21(28)26(22(31)32-17)9-5-10-29-2/h3,6,8,12,15,23H,4-5,7,9-11,13H2,1-2H3/b17-12-/t15-/m1/s1. The van der Waals surface area contributed by atoms with Crippen LogP contribution in [0.3, 0.4) is 0 Å². The minimum Gasteiger partial charge on any atom is -0.385 e. The number of thiocarbonyl (C=S) groups is 1. The molecule has 2 aliphatic rings. The number of carbonyl (C=O) groups is 1. The maximum absolute atomic E-state index is 13.4. The molecule has 0 spiro atoms. The van der Waals surface area contributed by atoms with Crippen LogP contribution < -0.4 is 10.9 Å². The van der Waals surface area contributed by atoms with Crippen LogP contribution in [0.25, 0.3) is 11.7 Å². The molecule has 0 unspecified atom stereocenters. The van der Waals surface area contributed by atoms with E-state index < -0.39 is 0 Å². The maximum atomic E-state index is 13.4. The Morgan fingerprint density at radius 1 is 1.44 bits per heavy atom. The van der Waals surface area contributed by atoms with Crippen LogP contribution in [-0.4, -0.2) is 64.0 Å². The highest BCUT2D eigenvalue weighted by molar-refractivity contribution is 8.26. The third-order valence-electron chi connectivity index (χ3n) is 5.48. The van der Waals surface area contributed by atoms with Gasteiger partial charge < -0.3 is 14.8 Å². The lowest BCUT2D eigenvalue weighted by Gasteiger charge is -2.15. The van der Waals surface area contributed by atoms with E-state index in [1.54, 1.807) is 24.3 Å². The van der Waals surface area contributed by atoms with E-state index in [-0.39, 0.29) is 17.6 Å². The second-order valence-electron chi connectivity index (χ2n) is 7.76. The molecule has 0 saturated carbocycles. The number of aryl methyl sites for hydroxylation is 1. The maximum Gasteiger partial charge on any atom is 0.267 e. The molecule has 2 aromatic heterocycles. The van der Waals surface area contributed by atoms with Crippen molar-refractivity contribution in [3.63, 3.8) is 0 Å². The molecule has 4 heterocycles. The van der Waals surface area contributed by atoms with Gasteiger partial charge >= 0.3 is 0 Å². The van der Waals surface area contributed by atoms with Crippen LogP contribution in [0.5, 0.6) is 0 Å². The number of amides is 1. The Kier molecular flexibility index (Phi) is 7.24. The normalized spacial score (nSPS) is 20.1. The molecule has 2 aliphatic heterocycles. The van der Waals surface area contributed by atoms with Crippen LogP contribution >= 0.6 is 24.0 Å². The molecule has 170 valence electrons. The van der Waals surface area contributed by atoms with Gasteiger partial charge in [0, 0.05) is 39.6 Å². The van der Waals surface area contributed by atoms with E-state index in [9.17, 15) is 9.59 Å². The van der Waals surface area contributed by atoms with Gasteiger partial charge in [0.1, 0.15) is 15.8 Å². The van der Waals surface area contributed by atoms with Crippen molar-refractivity contribution in [2.24, 2.45) is 0 Å². The lowest BCUT2D eigenvalue weighted by Crippen LogP contribution is -2.29. The molecule has 8 nitrogen and oxygen atoms in total. The average molecular weight is 475 g/mol. The molecule has 1 N–H and O–H groups in total. The molecule has 0 bridgehead atoms. The fourth-order valence-electron chi connectivity index (χ4n) is 3.78. The number of pyridine rings is 1. The quantitative estimate of drug-likeness (QED) is 0.355. The number of anilines is 1. The van der Waals surface area contributed by atoms with Gasteiger partial charge in [-0.1, -0.05) is 30.0 Å². The molecule has 1 amide bonds. The van der Waals surface area contributed by atoms with Gasteiger partial charge in [-0.05, 0) is 43.9 Å². The van der Waals surface area contributed by atoms with Crippen molar-refractivity contribution in [1.82, 2.24) is 14.3 Å². The van der Waals surface area contributed by atoms with Gasteiger partial charge in [0.25, 0.3) is 11.5 Å². The number of carbonyl (C=O) groups excluding carboxylic acids is 1. The Balaban J connectivity index is 1.70. The fourth-order valence-corrected chi connectivity index (χ4v) is 5.07. The highest BCUT2D eigenvalue weighted by atomic mass is 32.2. The van der Waals surface area contributed by atoms with Crippen molar-refractivity contribution in [2.45, 2.75) is 32.3 Å². The van der Waals surface area contributed by atoms with Crippen molar-refractivity contribution in [2.75, 3.05) is 38.7 Å². The number of nitrogens with one attached hydrogen (secondary N) is 1. The molecule has 0 aliphatic carbocycles. The van der Waals surface area contributed by atoms with Gasteiger partial charge in [-0.25, -0.2) is 4.98 Å². The molecule has 10 heteroatoms. The van der Waals surface area contributed by atoms with E-state index in [1.165, 1.54) is 16.2 Å².